The molecular formula is C9H13NOS2. The van der Waals surface area contributed by atoms with Gasteiger partial charge in [0.05, 0.1) is 6.10 Å². The normalized spacial score (nSPS) is 12.8. The van der Waals surface area contributed by atoms with Gasteiger partial charge in [0.1, 0.15) is 0 Å². The largest absolute Gasteiger partial charge is 0.398 e. The zero-order valence-corrected chi connectivity index (χ0v) is 8.89. The van der Waals surface area contributed by atoms with Crippen molar-refractivity contribution in [3.63, 3.8) is 0 Å². The van der Waals surface area contributed by atoms with E-state index < -0.39 is 0 Å². The molecule has 4 heteroatoms. The highest BCUT2D eigenvalue weighted by Crippen LogP contribution is 2.24. The zero-order chi connectivity index (χ0) is 9.68. The van der Waals surface area contributed by atoms with Crippen LogP contribution in [-0.2, 0) is 0 Å². The van der Waals surface area contributed by atoms with E-state index in [9.17, 15) is 5.11 Å². The molecule has 1 aromatic carbocycles. The van der Waals surface area contributed by atoms with Crippen LogP contribution in [0.15, 0.2) is 29.2 Å². The summed E-state index contributed by atoms with van der Waals surface area (Å²) in [7, 11) is 0. The van der Waals surface area contributed by atoms with Gasteiger partial charge in [0.25, 0.3) is 0 Å². The predicted octanol–water partition coefficient (Wildman–Crippen LogP) is 1.65. The first-order valence-corrected chi connectivity index (χ1v) is 5.62. The summed E-state index contributed by atoms with van der Waals surface area (Å²) >= 11 is 5.55. The van der Waals surface area contributed by atoms with Gasteiger partial charge in [0.15, 0.2) is 0 Å². The number of nitrogens with two attached hydrogens (primary N) is 1. The average molecular weight is 215 g/mol. The minimum absolute atomic E-state index is 0.368. The molecule has 0 amide bonds. The van der Waals surface area contributed by atoms with Crippen molar-refractivity contribution in [1.29, 1.82) is 0 Å². The first kappa shape index (κ1) is 10.8. The van der Waals surface area contributed by atoms with E-state index in [0.29, 0.717) is 11.5 Å². The Kier molecular flexibility index (Phi) is 4.48. The van der Waals surface area contributed by atoms with Crippen molar-refractivity contribution in [3.8, 4) is 0 Å². The van der Waals surface area contributed by atoms with Gasteiger partial charge in [-0.15, -0.1) is 11.8 Å². The second kappa shape index (κ2) is 5.42. The van der Waals surface area contributed by atoms with Gasteiger partial charge in [-0.25, -0.2) is 0 Å². The molecule has 0 aliphatic rings. The van der Waals surface area contributed by atoms with Crippen molar-refractivity contribution in [3.05, 3.63) is 24.3 Å². The fourth-order valence-electron chi connectivity index (χ4n) is 0.851. The highest BCUT2D eigenvalue weighted by atomic mass is 32.2. The monoisotopic (exact) mass is 215 g/mol. The molecule has 0 saturated heterocycles. The molecule has 0 aliphatic heterocycles. The zero-order valence-electron chi connectivity index (χ0n) is 7.18. The van der Waals surface area contributed by atoms with Crippen molar-refractivity contribution in [2.75, 3.05) is 17.2 Å². The summed E-state index contributed by atoms with van der Waals surface area (Å²) < 4.78 is 0. The number of aliphatic hydroxyl groups is 1. The van der Waals surface area contributed by atoms with Gasteiger partial charge in [-0.2, -0.15) is 12.6 Å². The van der Waals surface area contributed by atoms with Crippen LogP contribution in [-0.4, -0.2) is 22.7 Å². The van der Waals surface area contributed by atoms with Crippen LogP contribution in [0, 0.1) is 0 Å². The van der Waals surface area contributed by atoms with Gasteiger partial charge in [-0.1, -0.05) is 12.1 Å². The van der Waals surface area contributed by atoms with Gasteiger partial charge in [-0.05, 0) is 12.1 Å². The summed E-state index contributed by atoms with van der Waals surface area (Å²) in [5, 5.41) is 9.27. The Bertz CT molecular complexity index is 268. The molecule has 1 atom stereocenters. The Balaban J connectivity index is 2.50. The highest BCUT2D eigenvalue weighted by molar-refractivity contribution is 7.99. The smallest absolute Gasteiger partial charge is 0.0721 e. The van der Waals surface area contributed by atoms with Crippen LogP contribution in [0.4, 0.5) is 5.69 Å². The van der Waals surface area contributed by atoms with Crippen molar-refractivity contribution >= 4 is 30.1 Å². The maximum Gasteiger partial charge on any atom is 0.0721 e. The maximum atomic E-state index is 9.27. The number of nitrogen functional groups attached to an aromatic ring is 1. The van der Waals surface area contributed by atoms with E-state index in [0.717, 1.165) is 10.6 Å². The minimum atomic E-state index is -0.368. The topological polar surface area (TPSA) is 46.2 Å². The van der Waals surface area contributed by atoms with E-state index >= 15 is 0 Å². The number of thioether (sulfide) groups is 1. The summed E-state index contributed by atoms with van der Waals surface area (Å²) in [6.07, 6.45) is -0.368. The number of para-hydroxylation sites is 1. The SMILES string of the molecule is Nc1ccccc1SCC(O)CS. The van der Waals surface area contributed by atoms with Gasteiger partial charge in [0, 0.05) is 22.1 Å². The third-order valence-corrected chi connectivity index (χ3v) is 3.22. The molecule has 0 aliphatic carbocycles. The molecule has 1 rings (SSSR count). The first-order valence-electron chi connectivity index (χ1n) is 4.00. The van der Waals surface area contributed by atoms with Crippen LogP contribution in [0.1, 0.15) is 0 Å². The lowest BCUT2D eigenvalue weighted by atomic mass is 10.3. The maximum absolute atomic E-state index is 9.27. The van der Waals surface area contributed by atoms with Gasteiger partial charge in [0.2, 0.25) is 0 Å². The lowest BCUT2D eigenvalue weighted by Gasteiger charge is -2.07. The molecule has 0 heterocycles. The van der Waals surface area contributed by atoms with Crippen LogP contribution in [0.25, 0.3) is 0 Å². The minimum Gasteiger partial charge on any atom is -0.398 e. The number of rotatable bonds is 4. The highest BCUT2D eigenvalue weighted by Gasteiger charge is 2.03. The van der Waals surface area contributed by atoms with Crippen molar-refractivity contribution < 1.29 is 5.11 Å². The van der Waals surface area contributed by atoms with Crippen LogP contribution in [0.3, 0.4) is 0 Å². The first-order chi connectivity index (χ1) is 6.24. The number of hydrogen-bond donors (Lipinski definition) is 3. The Morgan fingerprint density at radius 2 is 2.15 bits per heavy atom. The average Bonchev–Trinajstić information content (AvgIpc) is 2.16. The molecule has 0 fully saturated rings. The molecule has 0 bridgehead atoms. The summed E-state index contributed by atoms with van der Waals surface area (Å²) in [5.74, 6) is 1.12. The second-order valence-electron chi connectivity index (χ2n) is 2.69. The van der Waals surface area contributed by atoms with Gasteiger partial charge >= 0.3 is 0 Å². The lowest BCUT2D eigenvalue weighted by molar-refractivity contribution is 0.225. The molecule has 72 valence electrons. The number of thiol groups is 1. The molecule has 0 saturated carbocycles. The summed E-state index contributed by atoms with van der Waals surface area (Å²) in [5.41, 5.74) is 6.49. The number of anilines is 1. The molecule has 13 heavy (non-hydrogen) atoms. The van der Waals surface area contributed by atoms with E-state index in [1.54, 1.807) is 11.8 Å². The van der Waals surface area contributed by atoms with Gasteiger partial charge in [-0.3, -0.25) is 0 Å². The quantitative estimate of drug-likeness (QED) is 0.406. The molecule has 0 spiro atoms. The second-order valence-corrected chi connectivity index (χ2v) is 4.11. The fraction of sp³-hybridized carbons (Fsp3) is 0.333. The van der Waals surface area contributed by atoms with Crippen LogP contribution >= 0.6 is 24.4 Å². The Morgan fingerprint density at radius 1 is 1.46 bits per heavy atom. The number of benzene rings is 1. The van der Waals surface area contributed by atoms with E-state index in [1.807, 2.05) is 24.3 Å². The van der Waals surface area contributed by atoms with Crippen molar-refractivity contribution in [2.24, 2.45) is 0 Å². The van der Waals surface area contributed by atoms with Crippen LogP contribution < -0.4 is 5.73 Å². The van der Waals surface area contributed by atoms with Gasteiger partial charge < -0.3 is 10.8 Å². The van der Waals surface area contributed by atoms with E-state index in [-0.39, 0.29) is 6.10 Å². The van der Waals surface area contributed by atoms with E-state index in [4.69, 9.17) is 5.73 Å². The molecule has 2 nitrogen and oxygen atoms in total. The Hall–Kier alpha value is -0.320. The Labute approximate surface area is 87.9 Å². The summed E-state index contributed by atoms with van der Waals surface area (Å²) in [4.78, 5) is 1.02. The summed E-state index contributed by atoms with van der Waals surface area (Å²) in [6, 6.07) is 7.64. The molecular weight excluding hydrogens is 202 g/mol. The molecule has 1 aromatic rings. The molecule has 1 unspecified atom stereocenters. The number of hydrogen-bond acceptors (Lipinski definition) is 4. The van der Waals surface area contributed by atoms with Crippen LogP contribution in [0.5, 0.6) is 0 Å². The lowest BCUT2D eigenvalue weighted by Crippen LogP contribution is -2.11. The summed E-state index contributed by atoms with van der Waals surface area (Å²) in [6.45, 7) is 0. The van der Waals surface area contributed by atoms with Crippen molar-refractivity contribution in [1.82, 2.24) is 0 Å². The molecule has 0 radical (unpaired) electrons. The third kappa shape index (κ3) is 3.50. The standard InChI is InChI=1S/C9H13NOS2/c10-8-3-1-2-4-9(8)13-6-7(11)5-12/h1-4,7,11-12H,5-6,10H2. The van der Waals surface area contributed by atoms with E-state index in [2.05, 4.69) is 12.6 Å². The molecule has 0 aromatic heterocycles. The fourth-order valence-corrected chi connectivity index (χ4v) is 2.05. The van der Waals surface area contributed by atoms with Crippen LogP contribution in [0.2, 0.25) is 0 Å². The third-order valence-electron chi connectivity index (χ3n) is 1.56. The Morgan fingerprint density at radius 3 is 2.77 bits per heavy atom. The van der Waals surface area contributed by atoms with Crippen molar-refractivity contribution in [2.45, 2.75) is 11.0 Å². The predicted molar refractivity (Wildman–Crippen MR) is 61.4 cm³/mol. The van der Waals surface area contributed by atoms with E-state index in [1.165, 1.54) is 0 Å². The number of aliphatic hydroxyl groups excluding tert-OH is 1. The molecule has 3 N–H and O–H groups in total.